The van der Waals surface area contributed by atoms with Gasteiger partial charge in [0.25, 0.3) is 11.6 Å². The first-order valence-electron chi connectivity index (χ1n) is 5.50. The van der Waals surface area contributed by atoms with E-state index >= 15 is 0 Å². The van der Waals surface area contributed by atoms with E-state index in [4.69, 9.17) is 0 Å². The van der Waals surface area contributed by atoms with Crippen LogP contribution in [0.1, 0.15) is 12.5 Å². The molecule has 0 aliphatic carbocycles. The first-order valence-corrected chi connectivity index (χ1v) is 6.32. The summed E-state index contributed by atoms with van der Waals surface area (Å²) in [7, 11) is 0. The minimum Gasteiger partial charge on any atom is -0.305 e. The van der Waals surface area contributed by atoms with E-state index in [0.29, 0.717) is 10.5 Å². The van der Waals surface area contributed by atoms with E-state index in [9.17, 15) is 19.7 Å². The molecule has 2 amide bonds. The number of rotatable bonds is 2. The third kappa shape index (κ3) is 3.29. The number of amidine groups is 1. The monoisotopic (exact) mass is 291 g/mol. The number of benzene rings is 1. The van der Waals surface area contributed by atoms with E-state index in [0.717, 1.165) is 11.8 Å². The number of nitro benzene ring substituents is 1. The van der Waals surface area contributed by atoms with Crippen LogP contribution in [-0.4, -0.2) is 21.9 Å². The quantitative estimate of drug-likeness (QED) is 0.507. The predicted octanol–water partition coefficient (Wildman–Crippen LogP) is 1.70. The average molecular weight is 291 g/mol. The number of aliphatic imine (C=N–C) groups is 1. The van der Waals surface area contributed by atoms with Crippen molar-refractivity contribution in [3.05, 3.63) is 44.8 Å². The second kappa shape index (κ2) is 5.66. The molecule has 0 unspecified atom stereocenters. The van der Waals surface area contributed by atoms with E-state index in [2.05, 4.69) is 10.3 Å². The van der Waals surface area contributed by atoms with Crippen molar-refractivity contribution in [2.24, 2.45) is 4.99 Å². The third-order valence-electron chi connectivity index (χ3n) is 2.28. The topological polar surface area (TPSA) is 102 Å². The van der Waals surface area contributed by atoms with Crippen molar-refractivity contribution >= 4 is 40.5 Å². The van der Waals surface area contributed by atoms with E-state index in [-0.39, 0.29) is 16.8 Å². The largest absolute Gasteiger partial charge is 0.305 e. The van der Waals surface area contributed by atoms with Crippen LogP contribution in [0.4, 0.5) is 5.69 Å². The number of hydrogen-bond acceptors (Lipinski definition) is 5. The van der Waals surface area contributed by atoms with Crippen LogP contribution in [0.25, 0.3) is 6.08 Å². The molecule has 0 spiro atoms. The summed E-state index contributed by atoms with van der Waals surface area (Å²) < 4.78 is 0. The first kappa shape index (κ1) is 13.9. The predicted molar refractivity (Wildman–Crippen MR) is 74.9 cm³/mol. The number of amides is 2. The highest BCUT2D eigenvalue weighted by Gasteiger charge is 2.22. The summed E-state index contributed by atoms with van der Waals surface area (Å²) >= 11 is 1.02. The molecule has 0 atom stereocenters. The van der Waals surface area contributed by atoms with Crippen molar-refractivity contribution in [3.63, 3.8) is 0 Å². The molecule has 0 fully saturated rings. The fourth-order valence-electron chi connectivity index (χ4n) is 1.49. The Balaban J connectivity index is 2.21. The van der Waals surface area contributed by atoms with Gasteiger partial charge in [0.2, 0.25) is 5.91 Å². The lowest BCUT2D eigenvalue weighted by molar-refractivity contribution is -0.384. The van der Waals surface area contributed by atoms with Crippen LogP contribution >= 0.6 is 11.8 Å². The Kier molecular flexibility index (Phi) is 3.94. The van der Waals surface area contributed by atoms with Crippen molar-refractivity contribution < 1.29 is 14.5 Å². The van der Waals surface area contributed by atoms with Gasteiger partial charge in [-0.25, -0.2) is 0 Å². The number of carbonyl (C=O) groups excluding carboxylic acids is 2. The zero-order chi connectivity index (χ0) is 14.7. The first-order chi connectivity index (χ1) is 9.45. The lowest BCUT2D eigenvalue weighted by Crippen LogP contribution is -2.23. The van der Waals surface area contributed by atoms with Crippen LogP contribution in [0.15, 0.2) is 34.2 Å². The summed E-state index contributed by atoms with van der Waals surface area (Å²) in [5.41, 5.74) is 0.465. The highest BCUT2D eigenvalue weighted by atomic mass is 32.2. The molecule has 0 saturated heterocycles. The number of thioether (sulfide) groups is 1. The zero-order valence-electron chi connectivity index (χ0n) is 10.3. The van der Waals surface area contributed by atoms with Gasteiger partial charge in [-0.05, 0) is 23.4 Å². The van der Waals surface area contributed by atoms with Gasteiger partial charge in [-0.3, -0.25) is 19.7 Å². The Bertz CT molecular complexity index is 666. The van der Waals surface area contributed by atoms with Gasteiger partial charge in [-0.1, -0.05) is 12.1 Å². The van der Waals surface area contributed by atoms with Crippen LogP contribution in [-0.2, 0) is 9.59 Å². The fourth-order valence-corrected chi connectivity index (χ4v) is 2.35. The summed E-state index contributed by atoms with van der Waals surface area (Å²) in [6.07, 6.45) is 1.50. The van der Waals surface area contributed by atoms with E-state index in [1.165, 1.54) is 31.2 Å². The Morgan fingerprint density at radius 1 is 1.50 bits per heavy atom. The van der Waals surface area contributed by atoms with Gasteiger partial charge in [-0.15, -0.1) is 0 Å². The minimum absolute atomic E-state index is 0.0576. The van der Waals surface area contributed by atoms with Crippen molar-refractivity contribution in [2.75, 3.05) is 0 Å². The number of hydrogen-bond donors (Lipinski definition) is 1. The Morgan fingerprint density at radius 2 is 2.25 bits per heavy atom. The third-order valence-corrected chi connectivity index (χ3v) is 3.18. The molecule has 1 aliphatic heterocycles. The van der Waals surface area contributed by atoms with Gasteiger partial charge in [0, 0.05) is 19.1 Å². The van der Waals surface area contributed by atoms with Crippen LogP contribution in [0, 0.1) is 10.1 Å². The highest BCUT2D eigenvalue weighted by Crippen LogP contribution is 2.28. The molecule has 7 nitrogen and oxygen atoms in total. The number of nitro groups is 1. The highest BCUT2D eigenvalue weighted by molar-refractivity contribution is 8.18. The average Bonchev–Trinajstić information content (AvgIpc) is 2.69. The molecule has 0 saturated carbocycles. The maximum atomic E-state index is 11.6. The molecule has 1 aliphatic rings. The molecular formula is C12H9N3O4S. The fraction of sp³-hybridized carbons (Fsp3) is 0.0833. The zero-order valence-corrected chi connectivity index (χ0v) is 11.1. The Hall–Kier alpha value is -2.48. The number of carbonyl (C=O) groups is 2. The standard InChI is InChI=1S/C12H9N3O4S/c1-7(16)13-12-14-11(17)10(20-12)6-8-3-2-4-9(5-8)15(18)19/h2-6H,1H3,(H,13,14,16,17)/b10-6+. The van der Waals surface area contributed by atoms with Gasteiger partial charge in [0.15, 0.2) is 5.17 Å². The van der Waals surface area contributed by atoms with Gasteiger partial charge >= 0.3 is 0 Å². The lowest BCUT2D eigenvalue weighted by atomic mass is 10.2. The van der Waals surface area contributed by atoms with Gasteiger partial charge in [-0.2, -0.15) is 4.99 Å². The molecule has 20 heavy (non-hydrogen) atoms. The molecule has 2 rings (SSSR count). The SMILES string of the molecule is CC(=O)NC1=NC(=O)/C(=C\c2cccc([N+](=O)[O-])c2)S1. The van der Waals surface area contributed by atoms with Crippen LogP contribution in [0.2, 0.25) is 0 Å². The Morgan fingerprint density at radius 3 is 2.90 bits per heavy atom. The molecule has 0 aromatic heterocycles. The summed E-state index contributed by atoms with van der Waals surface area (Å²) in [5.74, 6) is -0.800. The summed E-state index contributed by atoms with van der Waals surface area (Å²) in [6, 6.07) is 5.90. The van der Waals surface area contributed by atoms with Crippen molar-refractivity contribution in [1.29, 1.82) is 0 Å². The van der Waals surface area contributed by atoms with Crippen molar-refractivity contribution in [1.82, 2.24) is 5.32 Å². The Labute approximate surface area is 117 Å². The van der Waals surface area contributed by atoms with Gasteiger partial charge < -0.3 is 5.32 Å². The summed E-state index contributed by atoms with van der Waals surface area (Å²) in [5, 5.41) is 13.3. The lowest BCUT2D eigenvalue weighted by Gasteiger charge is -1.98. The number of nitrogens with zero attached hydrogens (tertiary/aromatic N) is 2. The number of non-ortho nitro benzene ring substituents is 1. The van der Waals surface area contributed by atoms with Crippen LogP contribution in [0.3, 0.4) is 0 Å². The second-order valence-electron chi connectivity index (χ2n) is 3.87. The van der Waals surface area contributed by atoms with Crippen LogP contribution in [0.5, 0.6) is 0 Å². The second-order valence-corrected chi connectivity index (χ2v) is 4.90. The molecular weight excluding hydrogens is 282 g/mol. The smallest absolute Gasteiger partial charge is 0.286 e. The van der Waals surface area contributed by atoms with E-state index in [1.54, 1.807) is 6.07 Å². The summed E-state index contributed by atoms with van der Waals surface area (Å²) in [6.45, 7) is 1.32. The van der Waals surface area contributed by atoms with E-state index in [1.807, 2.05) is 0 Å². The molecule has 8 heteroatoms. The van der Waals surface area contributed by atoms with Crippen LogP contribution < -0.4 is 5.32 Å². The molecule has 0 radical (unpaired) electrons. The minimum atomic E-state index is -0.509. The maximum absolute atomic E-state index is 11.6. The molecule has 0 bridgehead atoms. The van der Waals surface area contributed by atoms with Gasteiger partial charge in [0.1, 0.15) is 0 Å². The summed E-state index contributed by atoms with van der Waals surface area (Å²) in [4.78, 5) is 36.6. The molecule has 1 aromatic rings. The molecule has 1 aromatic carbocycles. The normalized spacial score (nSPS) is 16.1. The van der Waals surface area contributed by atoms with Crippen molar-refractivity contribution in [3.8, 4) is 0 Å². The van der Waals surface area contributed by atoms with E-state index < -0.39 is 10.8 Å². The van der Waals surface area contributed by atoms with Gasteiger partial charge in [0.05, 0.1) is 9.83 Å². The van der Waals surface area contributed by atoms with Crippen molar-refractivity contribution in [2.45, 2.75) is 6.92 Å². The molecule has 1 N–H and O–H groups in total. The molecule has 102 valence electrons. The molecule has 1 heterocycles. The number of nitrogens with one attached hydrogen (secondary N) is 1. The maximum Gasteiger partial charge on any atom is 0.286 e.